The van der Waals surface area contributed by atoms with E-state index in [0.717, 1.165) is 24.3 Å². The van der Waals surface area contributed by atoms with Gasteiger partial charge in [-0.05, 0) is 24.1 Å². The van der Waals surface area contributed by atoms with Crippen LogP contribution in [0.2, 0.25) is 0 Å². The third-order valence-electron chi connectivity index (χ3n) is 3.25. The monoisotopic (exact) mass is 254 g/mol. The Morgan fingerprint density at radius 3 is 2.94 bits per heavy atom. The summed E-state index contributed by atoms with van der Waals surface area (Å²) >= 11 is 0. The lowest BCUT2D eigenvalue weighted by atomic mass is 9.95. The van der Waals surface area contributed by atoms with Crippen molar-refractivity contribution in [3.63, 3.8) is 0 Å². The molecule has 92 valence electrons. The molecule has 3 N–H and O–H groups in total. The van der Waals surface area contributed by atoms with Crippen molar-refractivity contribution in [3.8, 4) is 5.75 Å². The van der Waals surface area contributed by atoms with Crippen LogP contribution in [0.5, 0.6) is 5.75 Å². The average Bonchev–Trinajstić information content (AvgIpc) is 2.71. The van der Waals surface area contributed by atoms with Crippen molar-refractivity contribution in [2.24, 2.45) is 5.73 Å². The maximum absolute atomic E-state index is 11.3. The van der Waals surface area contributed by atoms with E-state index >= 15 is 0 Å². The van der Waals surface area contributed by atoms with Crippen LogP contribution in [0.25, 0.3) is 0 Å². The Morgan fingerprint density at radius 1 is 1.35 bits per heavy atom. The fraction of sp³-hybridized carbons (Fsp3) is 0.417. The van der Waals surface area contributed by atoms with Crippen LogP contribution in [0, 0.1) is 0 Å². The van der Waals surface area contributed by atoms with Gasteiger partial charge in [0.2, 0.25) is 5.91 Å². The maximum atomic E-state index is 11.3. The molecule has 2 heterocycles. The molecule has 1 atom stereocenters. The van der Waals surface area contributed by atoms with Crippen molar-refractivity contribution in [2.75, 3.05) is 11.9 Å². The van der Waals surface area contributed by atoms with Crippen LogP contribution in [0.4, 0.5) is 5.69 Å². The molecule has 1 amide bonds. The van der Waals surface area contributed by atoms with Crippen molar-refractivity contribution in [1.29, 1.82) is 0 Å². The van der Waals surface area contributed by atoms with Gasteiger partial charge < -0.3 is 15.8 Å². The molecule has 1 unspecified atom stereocenters. The minimum absolute atomic E-state index is 0. The molecule has 1 aromatic carbocycles. The molecule has 0 aromatic heterocycles. The fourth-order valence-electron chi connectivity index (χ4n) is 2.44. The van der Waals surface area contributed by atoms with Gasteiger partial charge in [-0.1, -0.05) is 0 Å². The smallest absolute Gasteiger partial charge is 0.224 e. The zero-order chi connectivity index (χ0) is 11.1. The Hall–Kier alpha value is -1.26. The zero-order valence-corrected chi connectivity index (χ0v) is 10.2. The van der Waals surface area contributed by atoms with Crippen LogP contribution in [-0.4, -0.2) is 18.6 Å². The van der Waals surface area contributed by atoms with Gasteiger partial charge in [0.05, 0.1) is 0 Å². The highest BCUT2D eigenvalue weighted by Crippen LogP contribution is 2.37. The molecule has 0 bridgehead atoms. The summed E-state index contributed by atoms with van der Waals surface area (Å²) in [7, 11) is 0. The summed E-state index contributed by atoms with van der Waals surface area (Å²) in [4.78, 5) is 11.3. The summed E-state index contributed by atoms with van der Waals surface area (Å²) < 4.78 is 5.71. The Bertz CT molecular complexity index is 462. The molecule has 3 rings (SSSR count). The fourth-order valence-corrected chi connectivity index (χ4v) is 2.44. The highest BCUT2D eigenvalue weighted by Gasteiger charge is 2.28. The summed E-state index contributed by atoms with van der Waals surface area (Å²) in [6.45, 7) is 0.538. The second-order valence-electron chi connectivity index (χ2n) is 4.30. The van der Waals surface area contributed by atoms with Gasteiger partial charge in [-0.2, -0.15) is 0 Å². The average molecular weight is 255 g/mol. The van der Waals surface area contributed by atoms with E-state index < -0.39 is 0 Å². The Kier molecular flexibility index (Phi) is 3.26. The molecule has 17 heavy (non-hydrogen) atoms. The standard InChI is InChI=1S/C12H14N2O2.ClH/c13-6-7-5-9-8-1-4-12(15)14-10(8)2-3-11(9)16-7;/h2-3,7H,1,4-6,13H2,(H,14,15);1H. The largest absolute Gasteiger partial charge is 0.488 e. The van der Waals surface area contributed by atoms with E-state index in [9.17, 15) is 4.79 Å². The van der Waals surface area contributed by atoms with Crippen molar-refractivity contribution in [2.45, 2.75) is 25.4 Å². The van der Waals surface area contributed by atoms with Crippen molar-refractivity contribution < 1.29 is 9.53 Å². The number of carbonyl (C=O) groups is 1. The zero-order valence-electron chi connectivity index (χ0n) is 9.36. The number of nitrogens with two attached hydrogens (primary N) is 1. The quantitative estimate of drug-likeness (QED) is 0.793. The Morgan fingerprint density at radius 2 is 2.18 bits per heavy atom. The first-order valence-corrected chi connectivity index (χ1v) is 5.59. The third-order valence-corrected chi connectivity index (χ3v) is 3.25. The number of hydrogen-bond acceptors (Lipinski definition) is 3. The first-order valence-electron chi connectivity index (χ1n) is 5.59. The molecule has 0 saturated carbocycles. The summed E-state index contributed by atoms with van der Waals surface area (Å²) in [5.41, 5.74) is 9.02. The SMILES string of the molecule is Cl.NCC1Cc2c(ccc3c2CCC(=O)N3)O1. The highest BCUT2D eigenvalue weighted by atomic mass is 35.5. The highest BCUT2D eigenvalue weighted by molar-refractivity contribution is 5.94. The van der Waals surface area contributed by atoms with Crippen molar-refractivity contribution in [3.05, 3.63) is 23.3 Å². The molecular formula is C12H15ClN2O2. The summed E-state index contributed by atoms with van der Waals surface area (Å²) in [6.07, 6.45) is 2.34. The summed E-state index contributed by atoms with van der Waals surface area (Å²) in [6, 6.07) is 3.85. The Balaban J connectivity index is 0.00000108. The normalized spacial score (nSPS) is 20.8. The molecular weight excluding hydrogens is 240 g/mol. The molecule has 0 radical (unpaired) electrons. The van der Waals surface area contributed by atoms with Crippen molar-refractivity contribution >= 4 is 24.0 Å². The van der Waals surface area contributed by atoms with E-state index in [4.69, 9.17) is 10.5 Å². The van der Waals surface area contributed by atoms with Gasteiger partial charge in [-0.15, -0.1) is 12.4 Å². The lowest BCUT2D eigenvalue weighted by Gasteiger charge is -2.18. The number of ether oxygens (including phenoxy) is 1. The number of benzene rings is 1. The number of rotatable bonds is 1. The van der Waals surface area contributed by atoms with Crippen LogP contribution in [0.15, 0.2) is 12.1 Å². The molecule has 5 heteroatoms. The van der Waals surface area contributed by atoms with Gasteiger partial charge in [0.15, 0.2) is 0 Å². The molecule has 0 fully saturated rings. The van der Waals surface area contributed by atoms with Gasteiger partial charge in [0, 0.05) is 30.6 Å². The number of nitrogens with one attached hydrogen (secondary N) is 1. The lowest BCUT2D eigenvalue weighted by molar-refractivity contribution is -0.116. The van der Waals surface area contributed by atoms with E-state index in [1.807, 2.05) is 12.1 Å². The molecule has 2 aliphatic rings. The molecule has 0 saturated heterocycles. The third kappa shape index (κ3) is 1.98. The van der Waals surface area contributed by atoms with Gasteiger partial charge in [0.1, 0.15) is 11.9 Å². The van der Waals surface area contributed by atoms with Gasteiger partial charge >= 0.3 is 0 Å². The van der Waals surface area contributed by atoms with E-state index in [1.54, 1.807) is 0 Å². The number of carbonyl (C=O) groups excluding carboxylic acids is 1. The summed E-state index contributed by atoms with van der Waals surface area (Å²) in [5.74, 6) is 1.03. The number of halogens is 1. The minimum Gasteiger partial charge on any atom is -0.488 e. The number of hydrogen-bond donors (Lipinski definition) is 2. The van der Waals surface area contributed by atoms with Crippen molar-refractivity contribution in [1.82, 2.24) is 0 Å². The van der Waals surface area contributed by atoms with Gasteiger partial charge in [0.25, 0.3) is 0 Å². The molecule has 0 spiro atoms. The predicted octanol–water partition coefficient (Wildman–Crippen LogP) is 1.26. The topological polar surface area (TPSA) is 64.4 Å². The van der Waals surface area contributed by atoms with E-state index in [2.05, 4.69) is 5.32 Å². The molecule has 4 nitrogen and oxygen atoms in total. The predicted molar refractivity (Wildman–Crippen MR) is 67.8 cm³/mol. The van der Waals surface area contributed by atoms with Crippen LogP contribution < -0.4 is 15.8 Å². The maximum Gasteiger partial charge on any atom is 0.224 e. The number of anilines is 1. The molecule has 2 aliphatic heterocycles. The number of fused-ring (bicyclic) bond motifs is 3. The summed E-state index contributed by atoms with van der Waals surface area (Å²) in [5, 5.41) is 2.90. The first-order chi connectivity index (χ1) is 7.78. The molecule has 1 aromatic rings. The van der Waals surface area contributed by atoms with Crippen LogP contribution in [-0.2, 0) is 17.6 Å². The second-order valence-corrected chi connectivity index (χ2v) is 4.30. The van der Waals surface area contributed by atoms with E-state index in [0.29, 0.717) is 13.0 Å². The first kappa shape index (κ1) is 12.2. The minimum atomic E-state index is 0. The van der Waals surface area contributed by atoms with E-state index in [-0.39, 0.29) is 24.4 Å². The lowest BCUT2D eigenvalue weighted by Crippen LogP contribution is -2.24. The second kappa shape index (κ2) is 4.55. The van der Waals surface area contributed by atoms with Crippen LogP contribution in [0.3, 0.4) is 0 Å². The number of amides is 1. The van der Waals surface area contributed by atoms with Gasteiger partial charge in [-0.25, -0.2) is 0 Å². The Labute approximate surface area is 106 Å². The molecule has 0 aliphatic carbocycles. The van der Waals surface area contributed by atoms with Gasteiger partial charge in [-0.3, -0.25) is 4.79 Å². The van der Waals surface area contributed by atoms with Crippen LogP contribution >= 0.6 is 12.4 Å². The van der Waals surface area contributed by atoms with E-state index in [1.165, 1.54) is 11.1 Å². The van der Waals surface area contributed by atoms with Crippen LogP contribution in [0.1, 0.15) is 17.5 Å².